The molecule has 4 heteroatoms. The number of carbonyl (C=O) groups excluding carboxylic acids is 2. The fourth-order valence-electron chi connectivity index (χ4n) is 9.68. The smallest absolute Gasteiger partial charge is 0.325 e. The summed E-state index contributed by atoms with van der Waals surface area (Å²) in [5.41, 5.74) is 1.06. The van der Waals surface area contributed by atoms with E-state index in [0.717, 1.165) is 48.3 Å². The highest BCUT2D eigenvalue weighted by atomic mass is 16.5. The zero-order chi connectivity index (χ0) is 24.5. The van der Waals surface area contributed by atoms with E-state index in [-0.39, 0.29) is 24.5 Å². The Kier molecular flexibility index (Phi) is 8.04. The second kappa shape index (κ2) is 10.5. The number of carbonyl (C=O) groups is 2. The molecular weight excluding hydrogens is 422 g/mol. The molecule has 0 bridgehead atoms. The third-order valence-electron chi connectivity index (χ3n) is 11.2. The number of nitrogens with one attached hydrogen (secondary N) is 1. The molecule has 4 fully saturated rings. The van der Waals surface area contributed by atoms with E-state index in [1.165, 1.54) is 64.2 Å². The first kappa shape index (κ1) is 26.0. The Hall–Kier alpha value is -1.06. The Morgan fingerprint density at radius 2 is 1.74 bits per heavy atom. The van der Waals surface area contributed by atoms with Crippen LogP contribution in [0.25, 0.3) is 0 Å². The highest BCUT2D eigenvalue weighted by Crippen LogP contribution is 2.69. The number of hydrogen-bond acceptors (Lipinski definition) is 3. The summed E-state index contributed by atoms with van der Waals surface area (Å²) in [4.78, 5) is 24.0. The lowest BCUT2D eigenvalue weighted by Crippen LogP contribution is -2.55. The molecule has 1 amide bonds. The van der Waals surface area contributed by atoms with Crippen molar-refractivity contribution in [3.63, 3.8) is 0 Å². The lowest BCUT2D eigenvalue weighted by atomic mass is 9.42. The van der Waals surface area contributed by atoms with Crippen molar-refractivity contribution in [2.24, 2.45) is 46.3 Å². The van der Waals surface area contributed by atoms with Gasteiger partial charge in [0.05, 0.1) is 6.10 Å². The van der Waals surface area contributed by atoms with Crippen LogP contribution in [-0.2, 0) is 14.3 Å². The van der Waals surface area contributed by atoms with Gasteiger partial charge in [-0.25, -0.2) is 0 Å². The molecule has 0 heterocycles. The first-order valence-electron chi connectivity index (χ1n) is 14.6. The van der Waals surface area contributed by atoms with Gasteiger partial charge in [0, 0.05) is 6.42 Å². The minimum atomic E-state index is -0.349. The van der Waals surface area contributed by atoms with Crippen LogP contribution in [0.1, 0.15) is 118 Å². The van der Waals surface area contributed by atoms with Crippen molar-refractivity contribution in [1.29, 1.82) is 0 Å². The standard InChI is InChI=1S/C30H51NO3/c1-6-21-18-23-25-14-13-22(10-9-12-27(32)31-19-28(33)34-20(2)3)29(25,4)17-15-26(23)30(5)16-8-7-11-24(21)30/h20-26H,6-19H2,1-5H3,(H,31,32)/t21-,22?,23?,24?,25?,26-,29?,30?/m0/s1. The van der Waals surface area contributed by atoms with Crippen molar-refractivity contribution in [2.45, 2.75) is 124 Å². The highest BCUT2D eigenvalue weighted by molar-refractivity contribution is 5.81. The van der Waals surface area contributed by atoms with Gasteiger partial charge in [-0.3, -0.25) is 9.59 Å². The van der Waals surface area contributed by atoms with E-state index < -0.39 is 0 Å². The quantitative estimate of drug-likeness (QED) is 0.390. The van der Waals surface area contributed by atoms with E-state index >= 15 is 0 Å². The third-order valence-corrected chi connectivity index (χ3v) is 11.2. The zero-order valence-electron chi connectivity index (χ0n) is 22.7. The number of esters is 1. The van der Waals surface area contributed by atoms with Crippen molar-refractivity contribution in [2.75, 3.05) is 6.54 Å². The third kappa shape index (κ3) is 4.94. The molecule has 0 aliphatic heterocycles. The van der Waals surface area contributed by atoms with Crippen LogP contribution in [0, 0.1) is 46.3 Å². The van der Waals surface area contributed by atoms with Gasteiger partial charge in [0.1, 0.15) is 6.54 Å². The molecule has 4 aliphatic carbocycles. The molecule has 34 heavy (non-hydrogen) atoms. The molecule has 0 aromatic heterocycles. The lowest BCUT2D eigenvalue weighted by molar-refractivity contribution is -0.147. The summed E-state index contributed by atoms with van der Waals surface area (Å²) in [6, 6.07) is 0. The van der Waals surface area contributed by atoms with Crippen molar-refractivity contribution in [3.05, 3.63) is 0 Å². The maximum atomic E-state index is 12.3. The summed E-state index contributed by atoms with van der Waals surface area (Å²) < 4.78 is 5.10. The van der Waals surface area contributed by atoms with Crippen molar-refractivity contribution >= 4 is 11.9 Å². The van der Waals surface area contributed by atoms with Gasteiger partial charge >= 0.3 is 5.97 Å². The maximum Gasteiger partial charge on any atom is 0.325 e. The lowest BCUT2D eigenvalue weighted by Gasteiger charge is -2.62. The number of hydrogen-bond donors (Lipinski definition) is 1. The summed E-state index contributed by atoms with van der Waals surface area (Å²) in [5, 5.41) is 2.74. The molecule has 0 radical (unpaired) electrons. The number of fused-ring (bicyclic) bond motifs is 5. The summed E-state index contributed by atoms with van der Waals surface area (Å²) in [5.74, 6) is 5.09. The first-order chi connectivity index (χ1) is 16.2. The van der Waals surface area contributed by atoms with Crippen LogP contribution < -0.4 is 5.32 Å². The summed E-state index contributed by atoms with van der Waals surface area (Å²) in [6.07, 6.45) is 16.8. The van der Waals surface area contributed by atoms with Crippen molar-refractivity contribution in [3.8, 4) is 0 Å². The van der Waals surface area contributed by atoms with Gasteiger partial charge in [-0.05, 0) is 118 Å². The largest absolute Gasteiger partial charge is 0.462 e. The molecule has 4 saturated carbocycles. The molecule has 4 nitrogen and oxygen atoms in total. The topological polar surface area (TPSA) is 55.4 Å². The van der Waals surface area contributed by atoms with Crippen LogP contribution >= 0.6 is 0 Å². The first-order valence-corrected chi connectivity index (χ1v) is 14.6. The zero-order valence-corrected chi connectivity index (χ0v) is 22.7. The van der Waals surface area contributed by atoms with Crippen LogP contribution in [0.2, 0.25) is 0 Å². The maximum absolute atomic E-state index is 12.3. The molecule has 8 atom stereocenters. The fourth-order valence-corrected chi connectivity index (χ4v) is 9.68. The van der Waals surface area contributed by atoms with Gasteiger partial charge in [-0.2, -0.15) is 0 Å². The van der Waals surface area contributed by atoms with Gasteiger partial charge in [0.15, 0.2) is 0 Å². The Morgan fingerprint density at radius 3 is 2.47 bits per heavy atom. The van der Waals surface area contributed by atoms with Crippen LogP contribution in [0.3, 0.4) is 0 Å². The minimum Gasteiger partial charge on any atom is -0.462 e. The second-order valence-corrected chi connectivity index (χ2v) is 13.2. The molecule has 6 unspecified atom stereocenters. The molecular formula is C30H51NO3. The predicted molar refractivity (Wildman–Crippen MR) is 137 cm³/mol. The summed E-state index contributed by atoms with van der Waals surface area (Å²) in [6.45, 7) is 11.4. The van der Waals surface area contributed by atoms with E-state index in [4.69, 9.17) is 4.74 Å². The molecule has 0 aromatic carbocycles. The van der Waals surface area contributed by atoms with Gasteiger partial charge in [0.25, 0.3) is 0 Å². The average Bonchev–Trinajstić information content (AvgIpc) is 3.13. The molecule has 0 spiro atoms. The molecule has 194 valence electrons. The van der Waals surface area contributed by atoms with E-state index in [0.29, 0.717) is 17.3 Å². The molecule has 1 N–H and O–H groups in total. The van der Waals surface area contributed by atoms with Crippen molar-refractivity contribution in [1.82, 2.24) is 5.32 Å². The van der Waals surface area contributed by atoms with Gasteiger partial charge in [-0.1, -0.05) is 40.0 Å². The fraction of sp³-hybridized carbons (Fsp3) is 0.933. The molecule has 0 saturated heterocycles. The van der Waals surface area contributed by atoms with Crippen LogP contribution in [0.5, 0.6) is 0 Å². The summed E-state index contributed by atoms with van der Waals surface area (Å²) in [7, 11) is 0. The predicted octanol–water partition coefficient (Wildman–Crippen LogP) is 6.91. The average molecular weight is 474 g/mol. The van der Waals surface area contributed by atoms with Gasteiger partial charge in [0.2, 0.25) is 5.91 Å². The SMILES string of the molecule is CC[C@H]1CC2C3CCC(CCCC(=O)NCC(=O)OC(C)C)C3(C)CC[C@@H]2C2(C)CCCCC12. The summed E-state index contributed by atoms with van der Waals surface area (Å²) >= 11 is 0. The van der Waals surface area contributed by atoms with Crippen LogP contribution in [0.15, 0.2) is 0 Å². The Bertz CT molecular complexity index is 735. The molecule has 4 rings (SSSR count). The van der Waals surface area contributed by atoms with Crippen LogP contribution in [-0.4, -0.2) is 24.5 Å². The van der Waals surface area contributed by atoms with Gasteiger partial charge in [-0.15, -0.1) is 0 Å². The number of amides is 1. The van der Waals surface area contributed by atoms with Crippen molar-refractivity contribution < 1.29 is 14.3 Å². The van der Waals surface area contributed by atoms with E-state index in [2.05, 4.69) is 26.1 Å². The van der Waals surface area contributed by atoms with Gasteiger partial charge < -0.3 is 10.1 Å². The Labute approximate surface area is 208 Å². The van der Waals surface area contributed by atoms with Crippen LogP contribution in [0.4, 0.5) is 0 Å². The molecule has 0 aromatic rings. The Balaban J connectivity index is 1.33. The molecule has 4 aliphatic rings. The normalized spacial score (nSPS) is 41.4. The number of rotatable bonds is 8. The highest BCUT2D eigenvalue weighted by Gasteiger charge is 2.60. The van der Waals surface area contributed by atoms with E-state index in [1.807, 2.05) is 13.8 Å². The minimum absolute atomic E-state index is 0.0122. The second-order valence-electron chi connectivity index (χ2n) is 13.2. The number of ether oxygens (including phenoxy) is 1. The van der Waals surface area contributed by atoms with E-state index in [9.17, 15) is 9.59 Å². The van der Waals surface area contributed by atoms with E-state index in [1.54, 1.807) is 0 Å². The monoisotopic (exact) mass is 473 g/mol. The Morgan fingerprint density at radius 1 is 0.971 bits per heavy atom.